The summed E-state index contributed by atoms with van der Waals surface area (Å²) in [5.74, 6) is 0.214. The van der Waals surface area contributed by atoms with E-state index in [-0.39, 0.29) is 29.3 Å². The molecule has 11 heteroatoms. The van der Waals surface area contributed by atoms with Crippen molar-refractivity contribution >= 4 is 21.6 Å². The maximum absolute atomic E-state index is 13.0. The van der Waals surface area contributed by atoms with Gasteiger partial charge in [-0.15, -0.1) is 10.2 Å². The molecule has 1 heterocycles. The number of benzene rings is 2. The van der Waals surface area contributed by atoms with Crippen LogP contribution in [-0.4, -0.2) is 29.0 Å². The van der Waals surface area contributed by atoms with Gasteiger partial charge in [0.2, 0.25) is 21.8 Å². The van der Waals surface area contributed by atoms with E-state index in [1.807, 2.05) is 0 Å². The lowest BCUT2D eigenvalue weighted by molar-refractivity contribution is -0.137. The van der Waals surface area contributed by atoms with Crippen LogP contribution in [-0.2, 0) is 22.7 Å². The Labute approximate surface area is 175 Å². The van der Waals surface area contributed by atoms with Gasteiger partial charge in [0.1, 0.15) is 0 Å². The fraction of sp³-hybridized carbons (Fsp3) is 0.263. The summed E-state index contributed by atoms with van der Waals surface area (Å²) in [5.41, 5.74) is -0.401. The van der Waals surface area contributed by atoms with E-state index < -0.39 is 21.8 Å². The van der Waals surface area contributed by atoms with Gasteiger partial charge >= 0.3 is 6.18 Å². The molecule has 0 bridgehead atoms. The van der Waals surface area contributed by atoms with Crippen molar-refractivity contribution < 1.29 is 26.0 Å². The second-order valence-electron chi connectivity index (χ2n) is 6.78. The van der Waals surface area contributed by atoms with Crippen LogP contribution in [0.2, 0.25) is 5.02 Å². The molecule has 1 fully saturated rings. The number of hydrogen-bond acceptors (Lipinski definition) is 5. The van der Waals surface area contributed by atoms with Crippen LogP contribution >= 0.6 is 11.6 Å². The minimum absolute atomic E-state index is 0.0623. The smallest absolute Gasteiger partial charge is 0.416 e. The third-order valence-electron chi connectivity index (χ3n) is 4.60. The van der Waals surface area contributed by atoms with Gasteiger partial charge in [0.05, 0.1) is 27.6 Å². The van der Waals surface area contributed by atoms with Gasteiger partial charge in [0, 0.05) is 6.04 Å². The molecule has 0 spiro atoms. The molecule has 30 heavy (non-hydrogen) atoms. The third-order valence-corrected chi connectivity index (χ3v) is 6.85. The van der Waals surface area contributed by atoms with Crippen LogP contribution in [0.1, 0.15) is 24.3 Å². The Kier molecular flexibility index (Phi) is 5.33. The number of nitrogens with zero attached hydrogens (tertiary/aromatic N) is 3. The molecule has 0 amide bonds. The first kappa shape index (κ1) is 20.8. The van der Waals surface area contributed by atoms with Gasteiger partial charge in [-0.05, 0) is 49.2 Å². The summed E-state index contributed by atoms with van der Waals surface area (Å²) >= 11 is 6.12. The first-order valence-corrected chi connectivity index (χ1v) is 10.7. The third kappa shape index (κ3) is 4.21. The normalized spacial score (nSPS) is 15.0. The summed E-state index contributed by atoms with van der Waals surface area (Å²) in [6, 6.07) is 9.98. The predicted octanol–water partition coefficient (Wildman–Crippen LogP) is 4.76. The van der Waals surface area contributed by atoms with Crippen molar-refractivity contribution in [3.05, 3.63) is 65.0 Å². The van der Waals surface area contributed by atoms with E-state index in [4.69, 9.17) is 16.0 Å². The molecule has 0 aliphatic heterocycles. The van der Waals surface area contributed by atoms with Crippen LogP contribution in [0.3, 0.4) is 0 Å². The maximum Gasteiger partial charge on any atom is 0.416 e. The van der Waals surface area contributed by atoms with E-state index in [9.17, 15) is 21.6 Å². The average Bonchev–Trinajstić information content (AvgIpc) is 3.43. The van der Waals surface area contributed by atoms with Gasteiger partial charge in [-0.3, -0.25) is 0 Å². The summed E-state index contributed by atoms with van der Waals surface area (Å²) < 4.78 is 71.2. The fourth-order valence-electron chi connectivity index (χ4n) is 2.92. The molecule has 3 aromatic rings. The lowest BCUT2D eigenvalue weighted by atomic mass is 10.2. The maximum atomic E-state index is 13.0. The predicted molar refractivity (Wildman–Crippen MR) is 102 cm³/mol. The molecule has 158 valence electrons. The van der Waals surface area contributed by atoms with Crippen molar-refractivity contribution in [3.63, 3.8) is 0 Å². The molecule has 0 atom stereocenters. The highest BCUT2D eigenvalue weighted by Gasteiger charge is 2.39. The lowest BCUT2D eigenvalue weighted by Gasteiger charge is -2.20. The Morgan fingerprint density at radius 2 is 1.73 bits per heavy atom. The zero-order valence-corrected chi connectivity index (χ0v) is 16.9. The topological polar surface area (TPSA) is 76.3 Å². The summed E-state index contributed by atoms with van der Waals surface area (Å²) in [4.78, 5) is -0.228. The van der Waals surface area contributed by atoms with Gasteiger partial charge < -0.3 is 4.42 Å². The number of alkyl halides is 3. The van der Waals surface area contributed by atoms with E-state index in [1.165, 1.54) is 4.31 Å². The van der Waals surface area contributed by atoms with Gasteiger partial charge in [0.25, 0.3) is 0 Å². The average molecular weight is 458 g/mol. The molecule has 6 nitrogen and oxygen atoms in total. The Balaban J connectivity index is 1.60. The Bertz CT molecular complexity index is 1160. The van der Waals surface area contributed by atoms with E-state index in [0.29, 0.717) is 23.4 Å². The van der Waals surface area contributed by atoms with Crippen LogP contribution < -0.4 is 0 Å². The van der Waals surface area contributed by atoms with Gasteiger partial charge in [-0.2, -0.15) is 17.5 Å². The monoisotopic (exact) mass is 457 g/mol. The largest absolute Gasteiger partial charge is 0.419 e. The number of aromatic nitrogens is 2. The number of sulfonamides is 1. The van der Waals surface area contributed by atoms with Crippen LogP contribution in [0.4, 0.5) is 13.2 Å². The second kappa shape index (κ2) is 7.68. The molecule has 1 aliphatic carbocycles. The highest BCUT2D eigenvalue weighted by molar-refractivity contribution is 7.89. The molecular weight excluding hydrogens is 443 g/mol. The standard InChI is InChI=1S/C19H15ClF3N3O3S/c20-16-4-2-1-3-15(16)18-25-24-17(29-18)11-26(13-7-8-13)30(27,28)14-9-5-12(6-10-14)19(21,22)23/h1-6,9-10,13H,7-8,11H2. The zero-order chi connectivity index (χ0) is 21.5. The first-order chi connectivity index (χ1) is 14.2. The summed E-state index contributed by atoms with van der Waals surface area (Å²) in [6.45, 7) is -0.189. The molecule has 2 aromatic carbocycles. The van der Waals surface area contributed by atoms with Gasteiger partial charge in [-0.25, -0.2) is 8.42 Å². The molecule has 1 saturated carbocycles. The molecule has 0 unspecified atom stereocenters. The zero-order valence-electron chi connectivity index (χ0n) is 15.3. The van der Waals surface area contributed by atoms with Crippen LogP contribution in [0.5, 0.6) is 0 Å². The van der Waals surface area contributed by atoms with Crippen LogP contribution in [0, 0.1) is 0 Å². The van der Waals surface area contributed by atoms with Crippen molar-refractivity contribution in [3.8, 4) is 11.5 Å². The first-order valence-electron chi connectivity index (χ1n) is 8.92. The molecule has 1 aliphatic rings. The molecular formula is C19H15ClF3N3O3S. The van der Waals surface area contributed by atoms with Gasteiger partial charge in [-0.1, -0.05) is 23.7 Å². The van der Waals surface area contributed by atoms with Crippen molar-refractivity contribution in [2.75, 3.05) is 0 Å². The quantitative estimate of drug-likeness (QED) is 0.533. The molecule has 0 N–H and O–H groups in total. The van der Waals surface area contributed by atoms with E-state index >= 15 is 0 Å². The van der Waals surface area contributed by atoms with Gasteiger partial charge in [0.15, 0.2) is 0 Å². The SMILES string of the molecule is O=S(=O)(c1ccc(C(F)(F)F)cc1)N(Cc1nnc(-c2ccccc2Cl)o1)C1CC1. The summed E-state index contributed by atoms with van der Waals surface area (Å²) in [5, 5.41) is 8.24. The number of halogens is 4. The molecule has 0 saturated heterocycles. The molecule has 1 aromatic heterocycles. The molecule has 0 radical (unpaired) electrons. The number of hydrogen-bond donors (Lipinski definition) is 0. The van der Waals surface area contributed by atoms with E-state index in [2.05, 4.69) is 10.2 Å². The Morgan fingerprint density at radius 1 is 1.07 bits per heavy atom. The highest BCUT2D eigenvalue weighted by atomic mass is 35.5. The van der Waals surface area contributed by atoms with Crippen LogP contribution in [0.25, 0.3) is 11.5 Å². The van der Waals surface area contributed by atoms with Crippen molar-refractivity contribution in [1.82, 2.24) is 14.5 Å². The molecule has 4 rings (SSSR count). The van der Waals surface area contributed by atoms with Crippen molar-refractivity contribution in [1.29, 1.82) is 0 Å². The Morgan fingerprint density at radius 3 is 2.33 bits per heavy atom. The fourth-order valence-corrected chi connectivity index (χ4v) is 4.77. The lowest BCUT2D eigenvalue weighted by Crippen LogP contribution is -2.32. The van der Waals surface area contributed by atoms with Crippen molar-refractivity contribution in [2.45, 2.75) is 36.5 Å². The summed E-state index contributed by atoms with van der Waals surface area (Å²) in [6.07, 6.45) is -3.26. The van der Waals surface area contributed by atoms with E-state index in [1.54, 1.807) is 24.3 Å². The minimum atomic E-state index is -4.54. The highest BCUT2D eigenvalue weighted by Crippen LogP contribution is 2.35. The van der Waals surface area contributed by atoms with Crippen LogP contribution in [0.15, 0.2) is 57.8 Å². The Hall–Kier alpha value is -2.43. The van der Waals surface area contributed by atoms with E-state index in [0.717, 1.165) is 24.3 Å². The minimum Gasteiger partial charge on any atom is -0.419 e. The van der Waals surface area contributed by atoms with Crippen molar-refractivity contribution in [2.24, 2.45) is 0 Å². The second-order valence-corrected chi connectivity index (χ2v) is 9.08. The summed E-state index contributed by atoms with van der Waals surface area (Å²) in [7, 11) is -4.05. The number of rotatable bonds is 6.